The minimum Gasteiger partial charge on any atom is -0.319 e. The van der Waals surface area contributed by atoms with Crippen molar-refractivity contribution in [2.45, 2.75) is 38.8 Å². The van der Waals surface area contributed by atoms with Gasteiger partial charge >= 0.3 is 0 Å². The predicted octanol–water partition coefficient (Wildman–Crippen LogP) is 1.88. The van der Waals surface area contributed by atoms with Gasteiger partial charge in [0.05, 0.1) is 0 Å². The van der Waals surface area contributed by atoms with Crippen LogP contribution in [0, 0.1) is 5.92 Å². The number of hydrogen-bond acceptors (Lipinski definition) is 2. The lowest BCUT2D eigenvalue weighted by Gasteiger charge is -2.32. The van der Waals surface area contributed by atoms with Crippen molar-refractivity contribution in [1.29, 1.82) is 0 Å². The van der Waals surface area contributed by atoms with E-state index in [4.69, 9.17) is 0 Å². The third kappa shape index (κ3) is 3.10. The molecule has 0 aliphatic heterocycles. The third-order valence-electron chi connectivity index (χ3n) is 3.23. The summed E-state index contributed by atoms with van der Waals surface area (Å²) >= 11 is 0. The van der Waals surface area contributed by atoms with E-state index in [-0.39, 0.29) is 0 Å². The van der Waals surface area contributed by atoms with E-state index in [2.05, 4.69) is 30.6 Å². The molecule has 2 atom stereocenters. The summed E-state index contributed by atoms with van der Waals surface area (Å²) in [5.74, 6) is 0.709. The van der Waals surface area contributed by atoms with Crippen molar-refractivity contribution in [3.8, 4) is 0 Å². The second-order valence-electron chi connectivity index (χ2n) is 4.49. The Labute approximate surface area is 88.4 Å². The van der Waals surface area contributed by atoms with Crippen LogP contribution in [0.25, 0.3) is 0 Å². The largest absolute Gasteiger partial charge is 0.319 e. The van der Waals surface area contributed by atoms with Crippen LogP contribution in [0.5, 0.6) is 0 Å². The fraction of sp³-hybridized carbons (Fsp3) is 0.833. The highest BCUT2D eigenvalue weighted by atomic mass is 15.2. The van der Waals surface area contributed by atoms with Crippen molar-refractivity contribution in [2.75, 3.05) is 20.1 Å². The molecule has 1 aliphatic carbocycles. The molecular formula is C12H24N2. The van der Waals surface area contributed by atoms with Crippen LogP contribution in [0.3, 0.4) is 0 Å². The summed E-state index contributed by atoms with van der Waals surface area (Å²) < 4.78 is 0. The quantitative estimate of drug-likeness (QED) is 0.625. The molecule has 0 aromatic heterocycles. The first-order chi connectivity index (χ1) is 6.70. The van der Waals surface area contributed by atoms with Crippen LogP contribution in [-0.4, -0.2) is 37.1 Å². The molecule has 0 aromatic rings. The molecule has 0 bridgehead atoms. The maximum absolute atomic E-state index is 3.84. The van der Waals surface area contributed by atoms with Gasteiger partial charge in [0.15, 0.2) is 0 Å². The Bertz CT molecular complexity index is 175. The maximum Gasteiger partial charge on any atom is 0.0166 e. The van der Waals surface area contributed by atoms with Crippen LogP contribution in [0.1, 0.15) is 26.7 Å². The van der Waals surface area contributed by atoms with Crippen molar-refractivity contribution in [3.05, 3.63) is 12.7 Å². The SMILES string of the molecule is C=CCN(C1CC1)C(C)C(C)CNC. The summed E-state index contributed by atoms with van der Waals surface area (Å²) in [5.41, 5.74) is 0. The molecule has 0 saturated heterocycles. The van der Waals surface area contributed by atoms with Gasteiger partial charge in [-0.3, -0.25) is 4.90 Å². The van der Waals surface area contributed by atoms with Crippen LogP contribution in [-0.2, 0) is 0 Å². The predicted molar refractivity (Wildman–Crippen MR) is 62.5 cm³/mol. The third-order valence-corrected chi connectivity index (χ3v) is 3.23. The second kappa shape index (κ2) is 5.52. The summed E-state index contributed by atoms with van der Waals surface area (Å²) in [6.45, 7) is 10.6. The van der Waals surface area contributed by atoms with E-state index >= 15 is 0 Å². The molecule has 1 rings (SSSR count). The molecular weight excluding hydrogens is 172 g/mol. The van der Waals surface area contributed by atoms with Crippen molar-refractivity contribution >= 4 is 0 Å². The molecule has 1 aliphatic rings. The highest BCUT2D eigenvalue weighted by Crippen LogP contribution is 2.30. The number of nitrogens with one attached hydrogen (secondary N) is 1. The molecule has 0 radical (unpaired) electrons. The van der Waals surface area contributed by atoms with Crippen molar-refractivity contribution in [1.82, 2.24) is 10.2 Å². The Morgan fingerprint density at radius 1 is 1.50 bits per heavy atom. The van der Waals surface area contributed by atoms with Gasteiger partial charge in [-0.2, -0.15) is 0 Å². The smallest absolute Gasteiger partial charge is 0.0166 e. The minimum absolute atomic E-state index is 0.660. The average molecular weight is 196 g/mol. The van der Waals surface area contributed by atoms with E-state index in [9.17, 15) is 0 Å². The summed E-state index contributed by atoms with van der Waals surface area (Å²) in [6, 6.07) is 1.50. The fourth-order valence-corrected chi connectivity index (χ4v) is 2.02. The normalized spacial score (nSPS) is 20.9. The van der Waals surface area contributed by atoms with E-state index in [1.165, 1.54) is 12.8 Å². The van der Waals surface area contributed by atoms with E-state index in [1.54, 1.807) is 0 Å². The molecule has 0 amide bonds. The van der Waals surface area contributed by atoms with Gasteiger partial charge in [-0.15, -0.1) is 6.58 Å². The first kappa shape index (κ1) is 11.7. The van der Waals surface area contributed by atoms with Crippen molar-refractivity contribution in [3.63, 3.8) is 0 Å². The average Bonchev–Trinajstić information content (AvgIpc) is 2.97. The minimum atomic E-state index is 0.660. The molecule has 1 N–H and O–H groups in total. The molecule has 1 fully saturated rings. The summed E-state index contributed by atoms with van der Waals surface area (Å²) in [6.07, 6.45) is 4.79. The number of nitrogens with zero attached hydrogens (tertiary/aromatic N) is 1. The molecule has 1 saturated carbocycles. The van der Waals surface area contributed by atoms with Crippen LogP contribution in [0.2, 0.25) is 0 Å². The molecule has 14 heavy (non-hydrogen) atoms. The molecule has 0 aromatic carbocycles. The molecule has 0 heterocycles. The Morgan fingerprint density at radius 2 is 2.14 bits per heavy atom. The fourth-order valence-electron chi connectivity index (χ4n) is 2.02. The van der Waals surface area contributed by atoms with Gasteiger partial charge in [0.1, 0.15) is 0 Å². The highest BCUT2D eigenvalue weighted by molar-refractivity contribution is 4.92. The van der Waals surface area contributed by atoms with Crippen LogP contribution in [0.4, 0.5) is 0 Å². The van der Waals surface area contributed by atoms with Gasteiger partial charge < -0.3 is 5.32 Å². The zero-order valence-electron chi connectivity index (χ0n) is 9.79. The van der Waals surface area contributed by atoms with Gasteiger partial charge in [-0.05, 0) is 39.3 Å². The summed E-state index contributed by atoms with van der Waals surface area (Å²) in [4.78, 5) is 2.59. The maximum atomic E-state index is 3.84. The zero-order chi connectivity index (χ0) is 10.6. The van der Waals surface area contributed by atoms with E-state index < -0.39 is 0 Å². The van der Waals surface area contributed by atoms with Crippen molar-refractivity contribution in [2.24, 2.45) is 5.92 Å². The Hall–Kier alpha value is -0.340. The summed E-state index contributed by atoms with van der Waals surface area (Å²) in [5, 5.41) is 3.25. The van der Waals surface area contributed by atoms with Gasteiger partial charge in [0.25, 0.3) is 0 Å². The zero-order valence-corrected chi connectivity index (χ0v) is 9.79. The monoisotopic (exact) mass is 196 g/mol. The molecule has 2 heteroatoms. The first-order valence-corrected chi connectivity index (χ1v) is 5.72. The molecule has 2 unspecified atom stereocenters. The molecule has 2 nitrogen and oxygen atoms in total. The lowest BCUT2D eigenvalue weighted by Crippen LogP contribution is -2.42. The van der Waals surface area contributed by atoms with Gasteiger partial charge in [-0.25, -0.2) is 0 Å². The van der Waals surface area contributed by atoms with Gasteiger partial charge in [-0.1, -0.05) is 13.0 Å². The lowest BCUT2D eigenvalue weighted by molar-refractivity contribution is 0.168. The van der Waals surface area contributed by atoms with E-state index in [0.29, 0.717) is 12.0 Å². The first-order valence-electron chi connectivity index (χ1n) is 5.72. The van der Waals surface area contributed by atoms with Gasteiger partial charge in [0.2, 0.25) is 0 Å². The summed E-state index contributed by atoms with van der Waals surface area (Å²) in [7, 11) is 2.03. The number of hydrogen-bond donors (Lipinski definition) is 1. The van der Waals surface area contributed by atoms with Crippen LogP contribution in [0.15, 0.2) is 12.7 Å². The standard InChI is InChI=1S/C12H24N2/c1-5-8-14(12-6-7-12)11(3)10(2)9-13-4/h5,10-13H,1,6-9H2,2-4H3. The molecule has 82 valence electrons. The van der Waals surface area contributed by atoms with Gasteiger partial charge in [0, 0.05) is 18.6 Å². The topological polar surface area (TPSA) is 15.3 Å². The molecule has 0 spiro atoms. The van der Waals surface area contributed by atoms with Crippen LogP contribution >= 0.6 is 0 Å². The van der Waals surface area contributed by atoms with Crippen LogP contribution < -0.4 is 5.32 Å². The van der Waals surface area contributed by atoms with E-state index in [1.807, 2.05) is 13.1 Å². The van der Waals surface area contributed by atoms with Crippen molar-refractivity contribution < 1.29 is 0 Å². The Balaban J connectivity index is 2.43. The lowest BCUT2D eigenvalue weighted by atomic mass is 10.0. The number of rotatable bonds is 7. The van der Waals surface area contributed by atoms with E-state index in [0.717, 1.165) is 19.1 Å². The highest BCUT2D eigenvalue weighted by Gasteiger charge is 2.32. The Kier molecular flexibility index (Phi) is 4.63. The second-order valence-corrected chi connectivity index (χ2v) is 4.49. The Morgan fingerprint density at radius 3 is 2.57 bits per heavy atom.